The maximum atomic E-state index is 4.92. The second-order valence-electron chi connectivity index (χ2n) is 5.89. The van der Waals surface area contributed by atoms with Crippen molar-refractivity contribution in [2.45, 2.75) is 6.92 Å². The molecule has 4 heterocycles. The van der Waals surface area contributed by atoms with Crippen molar-refractivity contribution in [3.8, 4) is 11.4 Å². The van der Waals surface area contributed by atoms with E-state index in [4.69, 9.17) is 9.97 Å². The fourth-order valence-electron chi connectivity index (χ4n) is 3.24. The Morgan fingerprint density at radius 1 is 0.875 bits per heavy atom. The number of aryl methyl sites for hydroxylation is 1. The lowest BCUT2D eigenvalue weighted by Gasteiger charge is -2.06. The van der Waals surface area contributed by atoms with Crippen molar-refractivity contribution in [2.24, 2.45) is 0 Å². The zero-order valence-electron chi connectivity index (χ0n) is 13.1. The van der Waals surface area contributed by atoms with Crippen LogP contribution in [0.4, 0.5) is 0 Å². The molecule has 4 aromatic heterocycles. The molecule has 0 atom stereocenters. The fourth-order valence-corrected chi connectivity index (χ4v) is 3.24. The van der Waals surface area contributed by atoms with Gasteiger partial charge in [0.1, 0.15) is 22.4 Å². The molecule has 0 fully saturated rings. The molecule has 0 saturated heterocycles. The average Bonchev–Trinajstić information content (AvgIpc) is 3.03. The number of rotatable bonds is 1. The quantitative estimate of drug-likeness (QED) is 0.461. The van der Waals surface area contributed by atoms with Crippen molar-refractivity contribution < 1.29 is 0 Å². The van der Waals surface area contributed by atoms with E-state index in [1.807, 2.05) is 48.7 Å². The number of benzene rings is 1. The van der Waals surface area contributed by atoms with E-state index in [-0.39, 0.29) is 0 Å². The molecule has 0 bridgehead atoms. The summed E-state index contributed by atoms with van der Waals surface area (Å²) in [5.41, 5.74) is 6.74. The summed E-state index contributed by atoms with van der Waals surface area (Å²) < 4.78 is 2.12. The van der Waals surface area contributed by atoms with Gasteiger partial charge in [0.2, 0.25) is 0 Å². The molecule has 0 aliphatic carbocycles. The van der Waals surface area contributed by atoms with Gasteiger partial charge in [0, 0.05) is 17.8 Å². The van der Waals surface area contributed by atoms with Crippen molar-refractivity contribution in [3.63, 3.8) is 0 Å². The van der Waals surface area contributed by atoms with Crippen molar-refractivity contribution in [1.82, 2.24) is 19.4 Å². The lowest BCUT2D eigenvalue weighted by atomic mass is 10.1. The molecular weight excluding hydrogens is 296 g/mol. The third-order valence-corrected chi connectivity index (χ3v) is 4.37. The Bertz CT molecular complexity index is 1210. The van der Waals surface area contributed by atoms with Crippen LogP contribution >= 0.6 is 0 Å². The molecule has 0 N–H and O–H groups in total. The van der Waals surface area contributed by atoms with Gasteiger partial charge in [-0.05, 0) is 36.8 Å². The Balaban J connectivity index is 2.07. The molecule has 0 amide bonds. The molecule has 24 heavy (non-hydrogen) atoms. The van der Waals surface area contributed by atoms with Crippen LogP contribution in [0.15, 0.2) is 67.0 Å². The predicted molar refractivity (Wildman–Crippen MR) is 96.0 cm³/mol. The van der Waals surface area contributed by atoms with Gasteiger partial charge >= 0.3 is 0 Å². The Labute approximate surface area is 138 Å². The first-order chi connectivity index (χ1) is 11.8. The highest BCUT2D eigenvalue weighted by Crippen LogP contribution is 2.32. The van der Waals surface area contributed by atoms with Gasteiger partial charge in [-0.1, -0.05) is 30.3 Å². The highest BCUT2D eigenvalue weighted by atomic mass is 15.0. The minimum absolute atomic E-state index is 0.858. The summed E-state index contributed by atoms with van der Waals surface area (Å²) in [7, 11) is 0. The SMILES string of the molecule is Cc1cccn2c1nc1c3ccccc3nc(-c3ccccn3)c12. The van der Waals surface area contributed by atoms with Crippen molar-refractivity contribution >= 4 is 27.6 Å². The van der Waals surface area contributed by atoms with Gasteiger partial charge in [0.25, 0.3) is 0 Å². The highest BCUT2D eigenvalue weighted by Gasteiger charge is 2.17. The highest BCUT2D eigenvalue weighted by molar-refractivity contribution is 6.08. The van der Waals surface area contributed by atoms with Crippen LogP contribution in [0.3, 0.4) is 0 Å². The van der Waals surface area contributed by atoms with Gasteiger partial charge in [-0.25, -0.2) is 9.97 Å². The number of fused-ring (bicyclic) bond motifs is 5. The van der Waals surface area contributed by atoms with Crippen LogP contribution in [0.25, 0.3) is 39.0 Å². The van der Waals surface area contributed by atoms with E-state index in [0.717, 1.165) is 44.5 Å². The molecule has 0 aliphatic heterocycles. The van der Waals surface area contributed by atoms with Crippen LogP contribution in [-0.4, -0.2) is 19.4 Å². The van der Waals surface area contributed by atoms with E-state index in [2.05, 4.69) is 28.4 Å². The van der Waals surface area contributed by atoms with E-state index in [1.54, 1.807) is 6.20 Å². The molecule has 0 radical (unpaired) electrons. The number of para-hydroxylation sites is 1. The Hall–Kier alpha value is -3.27. The van der Waals surface area contributed by atoms with Crippen molar-refractivity contribution in [2.75, 3.05) is 0 Å². The van der Waals surface area contributed by atoms with E-state index in [1.165, 1.54) is 0 Å². The van der Waals surface area contributed by atoms with E-state index in [0.29, 0.717) is 0 Å². The molecule has 114 valence electrons. The van der Waals surface area contributed by atoms with E-state index >= 15 is 0 Å². The van der Waals surface area contributed by atoms with Crippen LogP contribution in [0.1, 0.15) is 5.56 Å². The molecule has 5 aromatic rings. The van der Waals surface area contributed by atoms with Gasteiger partial charge in [-0.15, -0.1) is 0 Å². The summed E-state index contributed by atoms with van der Waals surface area (Å²) in [6.45, 7) is 2.08. The van der Waals surface area contributed by atoms with Crippen LogP contribution < -0.4 is 0 Å². The van der Waals surface area contributed by atoms with Crippen molar-refractivity contribution in [1.29, 1.82) is 0 Å². The molecule has 4 nitrogen and oxygen atoms in total. The monoisotopic (exact) mass is 310 g/mol. The van der Waals surface area contributed by atoms with E-state index < -0.39 is 0 Å². The second-order valence-corrected chi connectivity index (χ2v) is 5.89. The molecule has 5 rings (SSSR count). The number of hydrogen-bond donors (Lipinski definition) is 0. The van der Waals surface area contributed by atoms with Crippen LogP contribution in [0.2, 0.25) is 0 Å². The summed E-state index contributed by atoms with van der Waals surface area (Å²) >= 11 is 0. The van der Waals surface area contributed by atoms with Crippen molar-refractivity contribution in [3.05, 3.63) is 72.6 Å². The lowest BCUT2D eigenvalue weighted by Crippen LogP contribution is -1.93. The minimum atomic E-state index is 0.858. The molecule has 4 heteroatoms. The second kappa shape index (κ2) is 4.86. The molecule has 0 saturated carbocycles. The fraction of sp³-hybridized carbons (Fsp3) is 0.0500. The molecule has 1 aromatic carbocycles. The van der Waals surface area contributed by atoms with E-state index in [9.17, 15) is 0 Å². The summed E-state index contributed by atoms with van der Waals surface area (Å²) in [6, 6.07) is 18.2. The lowest BCUT2D eigenvalue weighted by molar-refractivity contribution is 1.19. The number of imidazole rings is 1. The maximum absolute atomic E-state index is 4.92. The zero-order chi connectivity index (χ0) is 16.1. The Morgan fingerprint density at radius 3 is 2.62 bits per heavy atom. The summed E-state index contributed by atoms with van der Waals surface area (Å²) in [5.74, 6) is 0. The van der Waals surface area contributed by atoms with Gasteiger partial charge in [0.05, 0.1) is 11.2 Å². The number of nitrogens with zero attached hydrogens (tertiary/aromatic N) is 4. The Kier molecular flexibility index (Phi) is 2.67. The average molecular weight is 310 g/mol. The van der Waals surface area contributed by atoms with Gasteiger partial charge < -0.3 is 0 Å². The summed E-state index contributed by atoms with van der Waals surface area (Å²) in [5, 5.41) is 1.07. The third kappa shape index (κ3) is 1.77. The van der Waals surface area contributed by atoms with Crippen LogP contribution in [0, 0.1) is 6.92 Å². The first-order valence-electron chi connectivity index (χ1n) is 7.90. The Morgan fingerprint density at radius 2 is 1.75 bits per heavy atom. The smallest absolute Gasteiger partial charge is 0.140 e. The number of aromatic nitrogens is 4. The molecule has 0 unspecified atom stereocenters. The number of hydrogen-bond acceptors (Lipinski definition) is 3. The topological polar surface area (TPSA) is 43.1 Å². The van der Waals surface area contributed by atoms with Gasteiger partial charge in [0.15, 0.2) is 0 Å². The maximum Gasteiger partial charge on any atom is 0.140 e. The summed E-state index contributed by atoms with van der Waals surface area (Å²) in [6.07, 6.45) is 3.84. The first-order valence-corrected chi connectivity index (χ1v) is 7.90. The van der Waals surface area contributed by atoms with Gasteiger partial charge in [-0.3, -0.25) is 9.38 Å². The minimum Gasteiger partial charge on any atom is -0.297 e. The third-order valence-electron chi connectivity index (χ3n) is 4.37. The molecule has 0 aliphatic rings. The molecule has 0 spiro atoms. The standard InChI is InChI=1S/C20H14N4/c1-13-7-6-12-24-19-17(23-20(13)24)14-8-2-3-9-15(14)22-18(19)16-10-4-5-11-21-16/h2-12H,1H3. The van der Waals surface area contributed by atoms with Crippen LogP contribution in [0.5, 0.6) is 0 Å². The van der Waals surface area contributed by atoms with Gasteiger partial charge in [-0.2, -0.15) is 0 Å². The zero-order valence-corrected chi connectivity index (χ0v) is 13.1. The normalized spacial score (nSPS) is 11.5. The molecular formula is C20H14N4. The largest absolute Gasteiger partial charge is 0.297 e. The number of pyridine rings is 3. The van der Waals surface area contributed by atoms with Crippen LogP contribution in [-0.2, 0) is 0 Å². The first kappa shape index (κ1) is 13.2. The summed E-state index contributed by atoms with van der Waals surface area (Å²) in [4.78, 5) is 14.3. The predicted octanol–water partition coefficient (Wildman–Crippen LogP) is 4.41.